The Hall–Kier alpha value is -4.53. The molecule has 1 unspecified atom stereocenters. The average Bonchev–Trinajstić information content (AvgIpc) is 3.20. The Morgan fingerprint density at radius 2 is 1.90 bits per heavy atom. The van der Waals surface area contributed by atoms with E-state index in [0.717, 1.165) is 12.2 Å². The summed E-state index contributed by atoms with van der Waals surface area (Å²) in [6.45, 7) is 2.65. The first kappa shape index (κ1) is 27.1. The lowest BCUT2D eigenvalue weighted by Gasteiger charge is -2.37. The van der Waals surface area contributed by atoms with E-state index in [1.165, 1.54) is 12.1 Å². The topological polar surface area (TPSA) is 102 Å². The van der Waals surface area contributed by atoms with Crippen LogP contribution < -0.4 is 5.32 Å². The van der Waals surface area contributed by atoms with Crippen molar-refractivity contribution >= 4 is 29.0 Å². The number of aromatic nitrogens is 1. The monoisotopic (exact) mass is 547 g/mol. The zero-order valence-corrected chi connectivity index (χ0v) is 21.2. The number of hydrogen-bond donors (Lipinski definition) is 1. The average molecular weight is 548 g/mol. The maximum Gasteiger partial charge on any atom is 0.416 e. The molecule has 0 saturated carbocycles. The van der Waals surface area contributed by atoms with Gasteiger partial charge in [-0.05, 0) is 36.4 Å². The minimum Gasteiger partial charge on any atom is -0.435 e. The van der Waals surface area contributed by atoms with Crippen molar-refractivity contribution in [3.8, 4) is 17.5 Å². The Bertz CT molecular complexity index is 1560. The predicted octanol–water partition coefficient (Wildman–Crippen LogP) is 4.72. The van der Waals surface area contributed by atoms with Crippen molar-refractivity contribution in [1.82, 2.24) is 14.8 Å². The number of oxazole rings is 1. The van der Waals surface area contributed by atoms with Crippen molar-refractivity contribution in [2.75, 3.05) is 38.0 Å². The Morgan fingerprint density at radius 3 is 2.58 bits per heavy atom. The summed E-state index contributed by atoms with van der Waals surface area (Å²) >= 11 is 0. The summed E-state index contributed by atoms with van der Waals surface area (Å²) in [5.74, 6) is 0.101. The number of amides is 1. The van der Waals surface area contributed by atoms with E-state index in [4.69, 9.17) is 9.68 Å². The molecule has 0 spiro atoms. The Labute approximate surface area is 227 Å². The van der Waals surface area contributed by atoms with Crippen LogP contribution in [-0.2, 0) is 4.79 Å². The van der Waals surface area contributed by atoms with Gasteiger partial charge in [0, 0.05) is 43.5 Å². The van der Waals surface area contributed by atoms with Crippen LogP contribution in [-0.4, -0.2) is 71.9 Å². The number of nitriles is 1. The number of fused-ring (bicyclic) bond motifs is 1. The molecule has 1 fully saturated rings. The highest BCUT2D eigenvalue weighted by Crippen LogP contribution is 2.29. The van der Waals surface area contributed by atoms with E-state index >= 15 is 0 Å². The number of anilines is 1. The molecule has 1 amide bonds. The molecule has 2 heterocycles. The lowest BCUT2D eigenvalue weighted by Crippen LogP contribution is -2.51. The van der Waals surface area contributed by atoms with Gasteiger partial charge in [0.05, 0.1) is 29.3 Å². The van der Waals surface area contributed by atoms with E-state index in [2.05, 4.69) is 15.2 Å². The van der Waals surface area contributed by atoms with Gasteiger partial charge in [0.15, 0.2) is 11.9 Å². The first-order valence-corrected chi connectivity index (χ1v) is 12.5. The highest BCUT2D eigenvalue weighted by atomic mass is 19.4. The van der Waals surface area contributed by atoms with Crippen LogP contribution in [0.3, 0.4) is 0 Å². The van der Waals surface area contributed by atoms with Crippen molar-refractivity contribution in [3.05, 3.63) is 83.5 Å². The number of alkyl halides is 3. The number of carbonyl (C=O) groups excluding carboxylic acids is 2. The van der Waals surface area contributed by atoms with Crippen molar-refractivity contribution < 1.29 is 27.2 Å². The first-order valence-electron chi connectivity index (χ1n) is 12.5. The number of nitrogens with zero attached hydrogens (tertiary/aromatic N) is 4. The lowest BCUT2D eigenvalue weighted by atomic mass is 10.1. The van der Waals surface area contributed by atoms with E-state index in [1.807, 2.05) is 11.0 Å². The maximum atomic E-state index is 13.0. The number of halogens is 3. The van der Waals surface area contributed by atoms with E-state index < -0.39 is 11.7 Å². The number of carbonyl (C=O) groups is 2. The van der Waals surface area contributed by atoms with Gasteiger partial charge in [-0.3, -0.25) is 19.4 Å². The number of aldehydes is 1. The van der Waals surface area contributed by atoms with Crippen LogP contribution in [0.1, 0.15) is 15.9 Å². The minimum absolute atomic E-state index is 0.184. The molecule has 204 valence electrons. The fourth-order valence-corrected chi connectivity index (χ4v) is 4.68. The van der Waals surface area contributed by atoms with Gasteiger partial charge < -0.3 is 9.73 Å². The maximum absolute atomic E-state index is 13.0. The third kappa shape index (κ3) is 6.03. The molecule has 40 heavy (non-hydrogen) atoms. The minimum atomic E-state index is -4.38. The molecule has 1 aromatic heterocycles. The summed E-state index contributed by atoms with van der Waals surface area (Å²) < 4.78 is 44.7. The molecule has 8 nitrogen and oxygen atoms in total. The second kappa shape index (κ2) is 11.3. The molecule has 0 bridgehead atoms. The summed E-state index contributed by atoms with van der Waals surface area (Å²) in [5.41, 5.74) is 1.81. The van der Waals surface area contributed by atoms with Gasteiger partial charge in [-0.15, -0.1) is 0 Å². The van der Waals surface area contributed by atoms with E-state index in [9.17, 15) is 22.8 Å². The van der Waals surface area contributed by atoms with Crippen molar-refractivity contribution in [3.63, 3.8) is 0 Å². The van der Waals surface area contributed by atoms with Crippen molar-refractivity contribution in [2.45, 2.75) is 12.2 Å². The summed E-state index contributed by atoms with van der Waals surface area (Å²) in [6.07, 6.45) is 3.17. The predicted molar refractivity (Wildman–Crippen MR) is 142 cm³/mol. The van der Waals surface area contributed by atoms with Crippen molar-refractivity contribution in [1.29, 1.82) is 5.26 Å². The third-order valence-electron chi connectivity index (χ3n) is 6.77. The fourth-order valence-electron chi connectivity index (χ4n) is 4.68. The molecule has 3 aromatic rings. The lowest BCUT2D eigenvalue weighted by molar-refractivity contribution is -0.117. The van der Waals surface area contributed by atoms with Gasteiger partial charge in [0.25, 0.3) is 0 Å². The summed E-state index contributed by atoms with van der Waals surface area (Å²) in [4.78, 5) is 32.5. The van der Waals surface area contributed by atoms with Crippen LogP contribution in [0.4, 0.5) is 18.9 Å². The third-order valence-corrected chi connectivity index (χ3v) is 6.77. The van der Waals surface area contributed by atoms with Crippen molar-refractivity contribution in [2.24, 2.45) is 0 Å². The number of benzene rings is 2. The standard InChI is InChI=1S/C29H24F3N5O3/c30-29(31,32)22-2-1-3-24(9-6-22)37-12-10-36(11-13-37)17-26(39)34-23-7-4-20(5-8-23)28-35-25-15-19(16-33)14-21(18-38)27(25)40-28/h1-9,14-15,18,24H,10-13,17H2,(H,34,39). The Balaban J connectivity index is 1.14. The van der Waals surface area contributed by atoms with Gasteiger partial charge in [0.1, 0.15) is 5.52 Å². The summed E-state index contributed by atoms with van der Waals surface area (Å²) in [5, 5.41) is 12.0. The molecular formula is C29H24F3N5O3. The number of nitrogens with one attached hydrogen (secondary N) is 1. The van der Waals surface area contributed by atoms with Crippen LogP contribution >= 0.6 is 0 Å². The molecule has 1 atom stereocenters. The number of hydrogen-bond acceptors (Lipinski definition) is 7. The highest BCUT2D eigenvalue weighted by Gasteiger charge is 2.32. The number of rotatable bonds is 6. The van der Waals surface area contributed by atoms with Gasteiger partial charge in [-0.2, -0.15) is 18.4 Å². The van der Waals surface area contributed by atoms with Gasteiger partial charge in [-0.25, -0.2) is 4.98 Å². The molecule has 1 aliphatic heterocycles. The normalized spacial score (nSPS) is 18.2. The molecule has 1 aliphatic carbocycles. The Kier molecular flexibility index (Phi) is 7.64. The highest BCUT2D eigenvalue weighted by molar-refractivity contribution is 5.95. The molecular weight excluding hydrogens is 523 g/mol. The zero-order chi connectivity index (χ0) is 28.3. The van der Waals surface area contributed by atoms with Crippen LogP contribution in [0.25, 0.3) is 22.6 Å². The van der Waals surface area contributed by atoms with Gasteiger partial charge in [-0.1, -0.05) is 30.4 Å². The molecule has 1 saturated heterocycles. The van der Waals surface area contributed by atoms with Crippen LogP contribution in [0, 0.1) is 11.3 Å². The van der Waals surface area contributed by atoms with Crippen LogP contribution in [0.15, 0.2) is 76.8 Å². The Morgan fingerprint density at radius 1 is 1.15 bits per heavy atom. The summed E-state index contributed by atoms with van der Waals surface area (Å²) in [6, 6.07) is 11.7. The molecule has 1 N–H and O–H groups in total. The van der Waals surface area contributed by atoms with Crippen LogP contribution in [0.5, 0.6) is 0 Å². The molecule has 0 radical (unpaired) electrons. The van der Waals surface area contributed by atoms with E-state index in [1.54, 1.807) is 42.5 Å². The second-order valence-corrected chi connectivity index (χ2v) is 9.45. The molecule has 5 rings (SSSR count). The smallest absolute Gasteiger partial charge is 0.416 e. The zero-order valence-electron chi connectivity index (χ0n) is 21.2. The summed E-state index contributed by atoms with van der Waals surface area (Å²) in [7, 11) is 0. The van der Waals surface area contributed by atoms with E-state index in [0.29, 0.717) is 60.4 Å². The number of allylic oxidation sites excluding steroid dienone is 4. The number of piperazine rings is 1. The quantitative estimate of drug-likeness (QED) is 0.446. The molecule has 11 heteroatoms. The first-order chi connectivity index (χ1) is 19.2. The largest absolute Gasteiger partial charge is 0.435 e. The molecule has 2 aliphatic rings. The van der Waals surface area contributed by atoms with Gasteiger partial charge in [0.2, 0.25) is 11.8 Å². The van der Waals surface area contributed by atoms with E-state index in [-0.39, 0.29) is 29.9 Å². The van der Waals surface area contributed by atoms with Crippen LogP contribution in [0.2, 0.25) is 0 Å². The molecule has 2 aromatic carbocycles. The van der Waals surface area contributed by atoms with Gasteiger partial charge >= 0.3 is 6.18 Å². The fraction of sp³-hybridized carbons (Fsp3) is 0.241. The SMILES string of the molecule is N#Cc1cc(C=O)c2oc(-c3ccc(NC(=O)CN4CCN(C5C=CC=C(C(F)(F)F)C=C5)CC4)cc3)nc2c1. The second-order valence-electron chi connectivity index (χ2n) is 9.45.